The Balaban J connectivity index is 2.90. The zero-order chi connectivity index (χ0) is 8.27. The molecule has 0 saturated heterocycles. The Kier molecular flexibility index (Phi) is 2.15. The van der Waals surface area contributed by atoms with Gasteiger partial charge in [-0.15, -0.1) is 5.10 Å². The fourth-order valence-electron chi connectivity index (χ4n) is 0.642. The first kappa shape index (κ1) is 7.65. The molecule has 0 fully saturated rings. The van der Waals surface area contributed by atoms with Crippen LogP contribution in [0, 0.1) is 0 Å². The van der Waals surface area contributed by atoms with Gasteiger partial charge in [0.15, 0.2) is 5.78 Å². The van der Waals surface area contributed by atoms with Crippen LogP contribution < -0.4 is 0 Å². The first-order valence-electron chi connectivity index (χ1n) is 3.29. The monoisotopic (exact) mass is 151 g/mol. The van der Waals surface area contributed by atoms with Crippen molar-refractivity contribution in [3.8, 4) is 0 Å². The molecule has 0 bridgehead atoms. The van der Waals surface area contributed by atoms with Crippen molar-refractivity contribution in [3.05, 3.63) is 18.0 Å². The van der Waals surface area contributed by atoms with Crippen molar-refractivity contribution in [1.82, 2.24) is 15.0 Å². The van der Waals surface area contributed by atoms with Crippen LogP contribution in [0.5, 0.6) is 0 Å². The third-order valence-electron chi connectivity index (χ3n) is 1.15. The summed E-state index contributed by atoms with van der Waals surface area (Å²) in [6.45, 7) is 3.32. The number of hydrogen-bond acceptors (Lipinski definition) is 3. The Morgan fingerprint density at radius 3 is 2.91 bits per heavy atom. The van der Waals surface area contributed by atoms with Gasteiger partial charge in [-0.2, -0.15) is 9.90 Å². The maximum Gasteiger partial charge on any atom is 0.181 e. The average molecular weight is 151 g/mol. The molecule has 11 heavy (non-hydrogen) atoms. The van der Waals surface area contributed by atoms with Gasteiger partial charge in [0, 0.05) is 13.1 Å². The van der Waals surface area contributed by atoms with Gasteiger partial charge in [-0.05, 0) is 6.92 Å². The number of rotatable bonds is 2. The van der Waals surface area contributed by atoms with E-state index in [0.717, 1.165) is 0 Å². The molecule has 1 rings (SSSR count). The van der Waals surface area contributed by atoms with Crippen LogP contribution in [0.25, 0.3) is 6.20 Å². The van der Waals surface area contributed by atoms with E-state index in [9.17, 15) is 4.79 Å². The van der Waals surface area contributed by atoms with Gasteiger partial charge in [-0.25, -0.2) is 0 Å². The second kappa shape index (κ2) is 3.09. The lowest BCUT2D eigenvalue weighted by Gasteiger charge is -1.84. The third kappa shape index (κ3) is 1.73. The van der Waals surface area contributed by atoms with Crippen molar-refractivity contribution in [2.75, 3.05) is 0 Å². The summed E-state index contributed by atoms with van der Waals surface area (Å²) in [6, 6.07) is 0. The fourth-order valence-corrected chi connectivity index (χ4v) is 0.642. The maximum absolute atomic E-state index is 10.7. The minimum atomic E-state index is -0.0687. The molecule has 1 aromatic rings. The van der Waals surface area contributed by atoms with Gasteiger partial charge in [-0.3, -0.25) is 4.79 Å². The number of carbonyl (C=O) groups is 1. The molecule has 0 saturated carbocycles. The molecule has 0 aliphatic heterocycles. The van der Waals surface area contributed by atoms with Crippen molar-refractivity contribution in [1.29, 1.82) is 0 Å². The summed E-state index contributed by atoms with van der Waals surface area (Å²) in [5.41, 5.74) is 0.392. The summed E-state index contributed by atoms with van der Waals surface area (Å²) in [5.74, 6) is -0.0687. The van der Waals surface area contributed by atoms with Crippen LogP contribution >= 0.6 is 0 Å². The maximum atomic E-state index is 10.7. The standard InChI is InChI=1S/C7H9N3O/c1-3-4-10-8-5-7(9-10)6(2)11/h3-5H,1-2H3/b4-3+. The first-order valence-corrected chi connectivity index (χ1v) is 3.29. The Hall–Kier alpha value is -1.45. The molecular weight excluding hydrogens is 142 g/mol. The molecule has 0 aromatic carbocycles. The molecule has 4 heteroatoms. The van der Waals surface area contributed by atoms with E-state index in [1.807, 2.05) is 6.92 Å². The first-order chi connectivity index (χ1) is 5.24. The van der Waals surface area contributed by atoms with Gasteiger partial charge in [0.25, 0.3) is 0 Å². The van der Waals surface area contributed by atoms with E-state index < -0.39 is 0 Å². The molecule has 4 nitrogen and oxygen atoms in total. The molecule has 0 aliphatic rings. The molecule has 0 N–H and O–H groups in total. The molecule has 1 aromatic heterocycles. The minimum Gasteiger partial charge on any atom is -0.293 e. The van der Waals surface area contributed by atoms with Crippen LogP contribution in [-0.2, 0) is 0 Å². The van der Waals surface area contributed by atoms with Crippen LogP contribution in [0.2, 0.25) is 0 Å². The highest BCUT2D eigenvalue weighted by atomic mass is 16.1. The van der Waals surface area contributed by atoms with Crippen LogP contribution in [-0.4, -0.2) is 20.8 Å². The largest absolute Gasteiger partial charge is 0.293 e. The quantitative estimate of drug-likeness (QED) is 0.592. The molecule has 0 atom stereocenters. The van der Waals surface area contributed by atoms with Crippen LogP contribution in [0.15, 0.2) is 12.3 Å². The molecule has 0 unspecified atom stereocenters. The number of allylic oxidation sites excluding steroid dienone is 1. The van der Waals surface area contributed by atoms with E-state index in [-0.39, 0.29) is 5.78 Å². The zero-order valence-corrected chi connectivity index (χ0v) is 6.48. The Labute approximate surface area is 64.5 Å². The van der Waals surface area contributed by atoms with Crippen molar-refractivity contribution < 1.29 is 4.79 Å². The lowest BCUT2D eigenvalue weighted by atomic mass is 10.3. The van der Waals surface area contributed by atoms with E-state index in [1.54, 1.807) is 12.3 Å². The highest BCUT2D eigenvalue weighted by molar-refractivity contribution is 5.91. The van der Waals surface area contributed by atoms with Gasteiger partial charge < -0.3 is 0 Å². The molecule has 58 valence electrons. The van der Waals surface area contributed by atoms with Crippen molar-refractivity contribution >= 4 is 12.0 Å². The number of ketones is 1. The average Bonchev–Trinajstić information content (AvgIpc) is 2.37. The SMILES string of the molecule is C/C=C/n1ncc(C(C)=O)n1. The summed E-state index contributed by atoms with van der Waals surface area (Å²) >= 11 is 0. The van der Waals surface area contributed by atoms with E-state index in [2.05, 4.69) is 10.2 Å². The topological polar surface area (TPSA) is 47.8 Å². The molecule has 0 aliphatic carbocycles. The highest BCUT2D eigenvalue weighted by Crippen LogP contribution is 1.92. The van der Waals surface area contributed by atoms with Gasteiger partial charge in [0.2, 0.25) is 0 Å². The summed E-state index contributed by atoms with van der Waals surface area (Å²) in [6.07, 6.45) is 4.92. The van der Waals surface area contributed by atoms with E-state index in [0.29, 0.717) is 5.69 Å². The Morgan fingerprint density at radius 2 is 2.45 bits per heavy atom. The number of carbonyl (C=O) groups excluding carboxylic acids is 1. The van der Waals surface area contributed by atoms with E-state index in [1.165, 1.54) is 17.9 Å². The van der Waals surface area contributed by atoms with E-state index >= 15 is 0 Å². The molecule has 0 spiro atoms. The van der Waals surface area contributed by atoms with E-state index in [4.69, 9.17) is 0 Å². The summed E-state index contributed by atoms with van der Waals surface area (Å²) < 4.78 is 0. The lowest BCUT2D eigenvalue weighted by Crippen LogP contribution is -1.95. The molecule has 0 amide bonds. The lowest BCUT2D eigenvalue weighted by molar-refractivity contribution is 0.101. The van der Waals surface area contributed by atoms with Crippen LogP contribution in [0.3, 0.4) is 0 Å². The normalized spacial score (nSPS) is 10.7. The van der Waals surface area contributed by atoms with Crippen molar-refractivity contribution in [3.63, 3.8) is 0 Å². The molecular formula is C7H9N3O. The minimum absolute atomic E-state index is 0.0687. The van der Waals surface area contributed by atoms with Crippen molar-refractivity contribution in [2.24, 2.45) is 0 Å². The third-order valence-corrected chi connectivity index (χ3v) is 1.15. The Bertz CT molecular complexity index is 288. The number of Topliss-reactive ketones (excluding diaryl/α,β-unsaturated/α-hetero) is 1. The molecule has 0 radical (unpaired) electrons. The second-order valence-electron chi connectivity index (χ2n) is 2.09. The summed E-state index contributed by atoms with van der Waals surface area (Å²) in [4.78, 5) is 12.1. The fraction of sp³-hybridized carbons (Fsp3) is 0.286. The number of aromatic nitrogens is 3. The van der Waals surface area contributed by atoms with Gasteiger partial charge in [0.05, 0.1) is 6.20 Å². The highest BCUT2D eigenvalue weighted by Gasteiger charge is 2.01. The summed E-state index contributed by atoms with van der Waals surface area (Å²) in [7, 11) is 0. The Morgan fingerprint density at radius 1 is 1.73 bits per heavy atom. The second-order valence-corrected chi connectivity index (χ2v) is 2.09. The predicted octanol–water partition coefficient (Wildman–Crippen LogP) is 0.971. The van der Waals surface area contributed by atoms with Gasteiger partial charge in [-0.1, -0.05) is 6.08 Å². The number of nitrogens with zero attached hydrogens (tertiary/aromatic N) is 3. The zero-order valence-electron chi connectivity index (χ0n) is 6.48. The van der Waals surface area contributed by atoms with Crippen molar-refractivity contribution in [2.45, 2.75) is 13.8 Å². The van der Waals surface area contributed by atoms with Crippen LogP contribution in [0.4, 0.5) is 0 Å². The number of hydrogen-bond donors (Lipinski definition) is 0. The van der Waals surface area contributed by atoms with Gasteiger partial charge in [0.1, 0.15) is 5.69 Å². The van der Waals surface area contributed by atoms with Gasteiger partial charge >= 0.3 is 0 Å². The predicted molar refractivity (Wildman–Crippen MR) is 41.0 cm³/mol. The molecule has 1 heterocycles. The van der Waals surface area contributed by atoms with Crippen LogP contribution in [0.1, 0.15) is 24.3 Å². The smallest absolute Gasteiger partial charge is 0.181 e. The summed E-state index contributed by atoms with van der Waals surface area (Å²) in [5, 5.41) is 7.69.